The number of thiophene rings is 1. The summed E-state index contributed by atoms with van der Waals surface area (Å²) in [4.78, 5) is 41.0. The molecule has 0 radical (unpaired) electrons. The fourth-order valence-electron chi connectivity index (χ4n) is 4.58. The van der Waals surface area contributed by atoms with E-state index in [4.69, 9.17) is 9.47 Å². The molecule has 4 rings (SSSR count). The van der Waals surface area contributed by atoms with Gasteiger partial charge in [-0.05, 0) is 27.2 Å². The first-order chi connectivity index (χ1) is 17.0. The van der Waals surface area contributed by atoms with Gasteiger partial charge in [0.2, 0.25) is 0 Å². The van der Waals surface area contributed by atoms with Crippen LogP contribution in [0.3, 0.4) is 0 Å². The minimum Gasteiger partial charge on any atom is -0.480 e. The van der Waals surface area contributed by atoms with Gasteiger partial charge in [0.15, 0.2) is 0 Å². The van der Waals surface area contributed by atoms with Crippen LogP contribution in [0.15, 0.2) is 22.0 Å². The number of hydrogen-bond acceptors (Lipinski definition) is 9. The lowest BCUT2D eigenvalue weighted by Gasteiger charge is -2.43. The van der Waals surface area contributed by atoms with Crippen LogP contribution in [-0.2, 0) is 26.4 Å². The van der Waals surface area contributed by atoms with Crippen molar-refractivity contribution in [3.63, 3.8) is 0 Å². The summed E-state index contributed by atoms with van der Waals surface area (Å²) >= 11 is 1.10. The van der Waals surface area contributed by atoms with Crippen LogP contribution in [0.1, 0.15) is 25.8 Å². The molecular formula is C22H28FN5O7S. The molecule has 0 bridgehead atoms. The molecule has 0 aliphatic heterocycles. The topological polar surface area (TPSA) is 151 Å². The Morgan fingerprint density at radius 1 is 1.33 bits per heavy atom. The third kappa shape index (κ3) is 4.17. The van der Waals surface area contributed by atoms with Crippen LogP contribution < -0.4 is 11.2 Å². The molecule has 1 fully saturated rings. The van der Waals surface area contributed by atoms with Crippen LogP contribution in [0.25, 0.3) is 15.2 Å². The zero-order valence-corrected chi connectivity index (χ0v) is 21.1. The quantitative estimate of drug-likeness (QED) is 0.389. The number of aliphatic carboxylic acids is 1. The number of aliphatic hydroxyl groups excluding tert-OH is 1. The Bertz CT molecular complexity index is 1380. The van der Waals surface area contributed by atoms with E-state index >= 15 is 0 Å². The van der Waals surface area contributed by atoms with Gasteiger partial charge in [0.25, 0.3) is 5.56 Å². The second-order valence-corrected chi connectivity index (χ2v) is 10.2. The normalized spacial score (nSPS) is 21.0. The number of fused-ring (bicyclic) bond motifs is 1. The first kappa shape index (κ1) is 26.1. The average Bonchev–Trinajstić information content (AvgIpc) is 3.45. The van der Waals surface area contributed by atoms with Gasteiger partial charge in [0.1, 0.15) is 21.5 Å². The van der Waals surface area contributed by atoms with Crippen molar-refractivity contribution in [2.24, 2.45) is 5.92 Å². The molecule has 196 valence electrons. The van der Waals surface area contributed by atoms with Crippen molar-refractivity contribution in [3.8, 4) is 5.00 Å². The number of methoxy groups -OCH3 is 1. The standard InChI is InChI=1S/C22H28FN5O7S/c1-11-15-17(30)27(22(2,3)20(31)32)21(33)26(19(15)36-18(11)28-24-5-6-25-28)10-14(35-8-7-29)12-9-13(23)16(12)34-4/h5-6,12-14,16,29H,7-10H2,1-4H3,(H,31,32)/t12?,13?,14-,16+/m0/s1. The molecule has 14 heteroatoms. The Labute approximate surface area is 208 Å². The number of hydrogen-bond donors (Lipinski definition) is 2. The molecule has 0 spiro atoms. The van der Waals surface area contributed by atoms with Gasteiger partial charge >= 0.3 is 11.7 Å². The lowest BCUT2D eigenvalue weighted by molar-refractivity contribution is -0.148. The SMILES string of the molecule is CO[C@H]1C(F)CC1[C@H](Cn1c(=O)n(C(C)(C)C(=O)O)c(=O)c2c(C)c(-n3nccn3)sc21)OCCO. The molecule has 4 atom stereocenters. The predicted octanol–water partition coefficient (Wildman–Crippen LogP) is 0.684. The lowest BCUT2D eigenvalue weighted by atomic mass is 9.76. The molecule has 1 aliphatic rings. The molecular weight excluding hydrogens is 497 g/mol. The molecule has 2 unspecified atom stereocenters. The minimum atomic E-state index is -1.86. The molecule has 3 aromatic heterocycles. The van der Waals surface area contributed by atoms with E-state index in [1.54, 1.807) is 6.92 Å². The van der Waals surface area contributed by atoms with Gasteiger partial charge in [0.05, 0.1) is 49.7 Å². The number of alkyl halides is 1. The molecule has 0 amide bonds. The van der Waals surface area contributed by atoms with Gasteiger partial charge in [-0.1, -0.05) is 11.3 Å². The molecule has 2 N–H and O–H groups in total. The number of halogens is 1. The largest absolute Gasteiger partial charge is 0.480 e. The van der Waals surface area contributed by atoms with Crippen LogP contribution in [0.5, 0.6) is 0 Å². The number of ether oxygens (including phenoxy) is 2. The van der Waals surface area contributed by atoms with Crippen molar-refractivity contribution in [2.75, 3.05) is 20.3 Å². The summed E-state index contributed by atoms with van der Waals surface area (Å²) < 4.78 is 27.2. The summed E-state index contributed by atoms with van der Waals surface area (Å²) in [6.07, 6.45) is 0.377. The molecule has 3 aromatic rings. The molecule has 3 heterocycles. The van der Waals surface area contributed by atoms with Crippen molar-refractivity contribution in [1.82, 2.24) is 24.1 Å². The summed E-state index contributed by atoms with van der Waals surface area (Å²) in [7, 11) is 1.39. The van der Waals surface area contributed by atoms with E-state index in [-0.39, 0.29) is 36.4 Å². The van der Waals surface area contributed by atoms with Gasteiger partial charge in [-0.25, -0.2) is 18.5 Å². The number of aryl methyl sites for hydroxylation is 1. The predicted molar refractivity (Wildman–Crippen MR) is 128 cm³/mol. The van der Waals surface area contributed by atoms with Crippen LogP contribution in [-0.4, -0.2) is 79.0 Å². The highest BCUT2D eigenvalue weighted by Crippen LogP contribution is 2.38. The van der Waals surface area contributed by atoms with E-state index in [2.05, 4.69) is 10.2 Å². The van der Waals surface area contributed by atoms with Crippen LogP contribution in [0, 0.1) is 12.8 Å². The second-order valence-electron chi connectivity index (χ2n) is 9.18. The molecule has 1 aliphatic carbocycles. The zero-order chi connectivity index (χ0) is 26.4. The first-order valence-corrected chi connectivity index (χ1v) is 12.1. The fraction of sp³-hybridized carbons (Fsp3) is 0.591. The van der Waals surface area contributed by atoms with E-state index in [1.165, 1.54) is 42.7 Å². The van der Waals surface area contributed by atoms with E-state index in [0.717, 1.165) is 11.3 Å². The fourth-order valence-corrected chi connectivity index (χ4v) is 5.80. The maximum absolute atomic E-state index is 14.1. The van der Waals surface area contributed by atoms with E-state index in [1.807, 2.05) is 0 Å². The Hall–Kier alpha value is -2.94. The van der Waals surface area contributed by atoms with Gasteiger partial charge in [-0.2, -0.15) is 10.2 Å². The number of rotatable bonds is 10. The van der Waals surface area contributed by atoms with Crippen molar-refractivity contribution in [1.29, 1.82) is 0 Å². The van der Waals surface area contributed by atoms with Crippen LogP contribution in [0.2, 0.25) is 0 Å². The molecule has 0 aromatic carbocycles. The van der Waals surface area contributed by atoms with Crippen LogP contribution >= 0.6 is 11.3 Å². The Balaban J connectivity index is 1.96. The number of carbonyl (C=O) groups is 1. The lowest BCUT2D eigenvalue weighted by Crippen LogP contribution is -2.55. The Morgan fingerprint density at radius 2 is 2.00 bits per heavy atom. The Morgan fingerprint density at radius 3 is 2.56 bits per heavy atom. The monoisotopic (exact) mass is 525 g/mol. The summed E-state index contributed by atoms with van der Waals surface area (Å²) in [6.45, 7) is 3.75. The molecule has 12 nitrogen and oxygen atoms in total. The van der Waals surface area contributed by atoms with Gasteiger partial charge < -0.3 is 19.7 Å². The number of nitrogens with zero attached hydrogens (tertiary/aromatic N) is 5. The van der Waals surface area contributed by atoms with Gasteiger partial charge in [0, 0.05) is 18.6 Å². The van der Waals surface area contributed by atoms with Gasteiger partial charge in [-0.15, -0.1) is 4.80 Å². The smallest absolute Gasteiger partial charge is 0.333 e. The molecule has 36 heavy (non-hydrogen) atoms. The van der Waals surface area contributed by atoms with E-state index < -0.39 is 47.1 Å². The van der Waals surface area contributed by atoms with Crippen LogP contribution in [0.4, 0.5) is 4.39 Å². The second kappa shape index (κ2) is 9.84. The summed E-state index contributed by atoms with van der Waals surface area (Å²) in [5.41, 5.74) is -2.97. The minimum absolute atomic E-state index is 0.0569. The average molecular weight is 526 g/mol. The first-order valence-electron chi connectivity index (χ1n) is 11.3. The highest BCUT2D eigenvalue weighted by molar-refractivity contribution is 7.21. The van der Waals surface area contributed by atoms with E-state index in [9.17, 15) is 29.0 Å². The van der Waals surface area contributed by atoms with Gasteiger partial charge in [-0.3, -0.25) is 9.36 Å². The third-order valence-electron chi connectivity index (χ3n) is 6.68. The number of carboxylic acid groups (broad SMARTS) is 1. The summed E-state index contributed by atoms with van der Waals surface area (Å²) in [5, 5.41) is 28.0. The van der Waals surface area contributed by atoms with Crippen molar-refractivity contribution >= 4 is 27.5 Å². The number of aliphatic hydroxyl groups is 1. The number of aromatic nitrogens is 5. The van der Waals surface area contributed by atoms with Crippen molar-refractivity contribution in [3.05, 3.63) is 38.8 Å². The highest BCUT2D eigenvalue weighted by atomic mass is 32.1. The number of carboxylic acids is 1. The Kier molecular flexibility index (Phi) is 7.14. The molecule has 0 saturated heterocycles. The zero-order valence-electron chi connectivity index (χ0n) is 20.3. The van der Waals surface area contributed by atoms with Crippen molar-refractivity contribution < 1.29 is 28.9 Å². The van der Waals surface area contributed by atoms with E-state index in [0.29, 0.717) is 15.1 Å². The molecule has 1 saturated carbocycles. The summed E-state index contributed by atoms with van der Waals surface area (Å²) in [6, 6.07) is 0. The summed E-state index contributed by atoms with van der Waals surface area (Å²) in [5.74, 6) is -1.78. The van der Waals surface area contributed by atoms with Crippen molar-refractivity contribution in [2.45, 2.75) is 57.7 Å². The maximum atomic E-state index is 14.1. The maximum Gasteiger partial charge on any atom is 0.333 e. The third-order valence-corrected chi connectivity index (χ3v) is 7.96. The highest BCUT2D eigenvalue weighted by Gasteiger charge is 2.47.